The van der Waals surface area contributed by atoms with E-state index in [0.717, 1.165) is 11.3 Å². The molecule has 0 unspecified atom stereocenters. The first-order chi connectivity index (χ1) is 10.6. The van der Waals surface area contributed by atoms with Crippen molar-refractivity contribution in [2.45, 2.75) is 32.3 Å². The number of rotatable bonds is 4. The van der Waals surface area contributed by atoms with Crippen LogP contribution in [0, 0.1) is 0 Å². The van der Waals surface area contributed by atoms with Crippen molar-refractivity contribution in [2.24, 2.45) is 0 Å². The van der Waals surface area contributed by atoms with Crippen LogP contribution in [-0.4, -0.2) is 30.7 Å². The van der Waals surface area contributed by atoms with Crippen molar-refractivity contribution >= 4 is 17.0 Å². The Morgan fingerprint density at radius 2 is 2.00 bits per heavy atom. The number of aliphatic hydroxyl groups excluding tert-OH is 1. The minimum atomic E-state index is -0.393. The Morgan fingerprint density at radius 3 is 2.77 bits per heavy atom. The molecule has 0 amide bonds. The largest absolute Gasteiger partial charge is 0.393 e. The van der Waals surface area contributed by atoms with Crippen LogP contribution >= 0.6 is 0 Å². The van der Waals surface area contributed by atoms with Crippen LogP contribution < -0.4 is 5.73 Å². The average molecular weight is 297 g/mol. The second-order valence-electron chi connectivity index (χ2n) is 5.37. The zero-order valence-corrected chi connectivity index (χ0v) is 12.6. The van der Waals surface area contributed by atoms with Gasteiger partial charge in [-0.05, 0) is 18.1 Å². The molecule has 3 rings (SSSR count). The molecule has 0 saturated heterocycles. The van der Waals surface area contributed by atoms with Gasteiger partial charge in [0.05, 0.1) is 11.8 Å². The van der Waals surface area contributed by atoms with Gasteiger partial charge in [-0.2, -0.15) is 0 Å². The maximum absolute atomic E-state index is 10.2. The predicted molar refractivity (Wildman–Crippen MR) is 85.8 cm³/mol. The van der Waals surface area contributed by atoms with E-state index in [1.807, 2.05) is 42.7 Å². The molecule has 2 aromatic heterocycles. The quantitative estimate of drug-likeness (QED) is 0.771. The number of hydrogen-bond donors (Lipinski definition) is 2. The number of fused-ring (bicyclic) bond motifs is 1. The van der Waals surface area contributed by atoms with Crippen LogP contribution in [0.4, 0.5) is 5.82 Å². The second-order valence-corrected chi connectivity index (χ2v) is 5.37. The number of aliphatic hydroxyl groups is 1. The Kier molecular flexibility index (Phi) is 3.77. The molecule has 0 aliphatic rings. The number of hydrogen-bond acceptors (Lipinski definition) is 5. The standard InChI is InChI=1S/C16H19N5O/c1-3-13(22)10(2)11-6-4-5-7-12(11)21-9-20-14-15(17)18-8-19-16(14)21/h4-10,13,22H,3H2,1-2H3,(H2,17,18,19)/t10-,13+/m1/s1. The number of para-hydroxylation sites is 1. The van der Waals surface area contributed by atoms with Crippen LogP contribution in [0.2, 0.25) is 0 Å². The molecule has 22 heavy (non-hydrogen) atoms. The summed E-state index contributed by atoms with van der Waals surface area (Å²) in [7, 11) is 0. The number of imidazole rings is 1. The first-order valence-corrected chi connectivity index (χ1v) is 7.34. The van der Waals surface area contributed by atoms with Crippen LogP contribution in [0.5, 0.6) is 0 Å². The van der Waals surface area contributed by atoms with Gasteiger partial charge in [-0.15, -0.1) is 0 Å². The minimum absolute atomic E-state index is 0.0119. The fourth-order valence-corrected chi connectivity index (χ4v) is 2.68. The summed E-state index contributed by atoms with van der Waals surface area (Å²) in [5, 5.41) is 10.2. The fourth-order valence-electron chi connectivity index (χ4n) is 2.68. The van der Waals surface area contributed by atoms with Gasteiger partial charge in [-0.1, -0.05) is 32.0 Å². The second kappa shape index (κ2) is 5.73. The van der Waals surface area contributed by atoms with Gasteiger partial charge in [-0.3, -0.25) is 4.57 Å². The molecule has 0 radical (unpaired) electrons. The predicted octanol–water partition coefficient (Wildman–Crippen LogP) is 2.27. The summed E-state index contributed by atoms with van der Waals surface area (Å²) in [5.41, 5.74) is 9.09. The molecule has 114 valence electrons. The third kappa shape index (κ3) is 2.31. The molecule has 0 saturated carbocycles. The first-order valence-electron chi connectivity index (χ1n) is 7.34. The molecule has 6 heteroatoms. The van der Waals surface area contributed by atoms with Crippen LogP contribution in [0.15, 0.2) is 36.9 Å². The van der Waals surface area contributed by atoms with Crippen LogP contribution in [0.1, 0.15) is 31.7 Å². The highest BCUT2D eigenvalue weighted by Gasteiger charge is 2.19. The smallest absolute Gasteiger partial charge is 0.170 e. The number of nitrogens with zero attached hydrogens (tertiary/aromatic N) is 4. The van der Waals surface area contributed by atoms with Crippen LogP contribution in [-0.2, 0) is 0 Å². The highest BCUT2D eigenvalue weighted by Crippen LogP contribution is 2.29. The molecule has 3 N–H and O–H groups in total. The molecule has 0 fully saturated rings. The number of nitrogen functional groups attached to an aromatic ring is 1. The summed E-state index contributed by atoms with van der Waals surface area (Å²) in [6.07, 6.45) is 3.44. The lowest BCUT2D eigenvalue weighted by molar-refractivity contribution is 0.145. The third-order valence-corrected chi connectivity index (χ3v) is 4.04. The van der Waals surface area contributed by atoms with Gasteiger partial charge in [-0.25, -0.2) is 15.0 Å². The van der Waals surface area contributed by atoms with Crippen molar-refractivity contribution in [1.29, 1.82) is 0 Å². The Morgan fingerprint density at radius 1 is 1.23 bits per heavy atom. The van der Waals surface area contributed by atoms with Gasteiger partial charge in [0.2, 0.25) is 0 Å². The zero-order chi connectivity index (χ0) is 15.7. The summed E-state index contributed by atoms with van der Waals surface area (Å²) in [4.78, 5) is 12.6. The molecule has 3 aromatic rings. The molecular formula is C16H19N5O. The maximum atomic E-state index is 10.2. The lowest BCUT2D eigenvalue weighted by atomic mass is 9.92. The topological polar surface area (TPSA) is 89.8 Å². The Balaban J connectivity index is 2.17. The van der Waals surface area contributed by atoms with E-state index in [1.165, 1.54) is 6.33 Å². The lowest BCUT2D eigenvalue weighted by Crippen LogP contribution is -2.16. The highest BCUT2D eigenvalue weighted by molar-refractivity contribution is 5.82. The van der Waals surface area contributed by atoms with E-state index in [4.69, 9.17) is 5.73 Å². The summed E-state index contributed by atoms with van der Waals surface area (Å²) in [5.74, 6) is 0.376. The summed E-state index contributed by atoms with van der Waals surface area (Å²) < 4.78 is 1.89. The molecule has 2 atom stereocenters. The number of aromatic nitrogens is 4. The number of anilines is 1. The zero-order valence-electron chi connectivity index (χ0n) is 12.6. The van der Waals surface area contributed by atoms with E-state index in [-0.39, 0.29) is 5.92 Å². The van der Waals surface area contributed by atoms with E-state index in [1.54, 1.807) is 6.33 Å². The van der Waals surface area contributed by atoms with Crippen LogP contribution in [0.25, 0.3) is 16.9 Å². The average Bonchev–Trinajstić information content (AvgIpc) is 2.98. The van der Waals surface area contributed by atoms with E-state index >= 15 is 0 Å². The summed E-state index contributed by atoms with van der Waals surface area (Å²) in [6.45, 7) is 4.00. The molecular weight excluding hydrogens is 278 g/mol. The van der Waals surface area contributed by atoms with Crippen molar-refractivity contribution in [1.82, 2.24) is 19.5 Å². The Labute approximate surface area is 128 Å². The minimum Gasteiger partial charge on any atom is -0.393 e. The van der Waals surface area contributed by atoms with Crippen molar-refractivity contribution in [3.63, 3.8) is 0 Å². The van der Waals surface area contributed by atoms with E-state index < -0.39 is 6.10 Å². The maximum Gasteiger partial charge on any atom is 0.170 e. The normalized spacial score (nSPS) is 14.1. The lowest BCUT2D eigenvalue weighted by Gasteiger charge is -2.21. The SMILES string of the molecule is CC[C@H](O)[C@H](C)c1ccccc1-n1cnc2c(N)ncnc21. The highest BCUT2D eigenvalue weighted by atomic mass is 16.3. The number of nitrogens with two attached hydrogens (primary N) is 1. The van der Waals surface area contributed by atoms with E-state index in [2.05, 4.69) is 15.0 Å². The van der Waals surface area contributed by atoms with Gasteiger partial charge in [0.15, 0.2) is 17.0 Å². The Hall–Kier alpha value is -2.47. The third-order valence-electron chi connectivity index (χ3n) is 4.04. The van der Waals surface area contributed by atoms with Gasteiger partial charge in [0.25, 0.3) is 0 Å². The molecule has 6 nitrogen and oxygen atoms in total. The molecule has 0 aliphatic heterocycles. The van der Waals surface area contributed by atoms with Crippen molar-refractivity contribution in [2.75, 3.05) is 5.73 Å². The fraction of sp³-hybridized carbons (Fsp3) is 0.312. The van der Waals surface area contributed by atoms with E-state index in [0.29, 0.717) is 23.4 Å². The molecule has 0 bridgehead atoms. The van der Waals surface area contributed by atoms with E-state index in [9.17, 15) is 5.11 Å². The first kappa shape index (κ1) is 14.5. The van der Waals surface area contributed by atoms with Gasteiger partial charge in [0, 0.05) is 5.92 Å². The van der Waals surface area contributed by atoms with Gasteiger partial charge in [0.1, 0.15) is 12.7 Å². The van der Waals surface area contributed by atoms with Crippen molar-refractivity contribution < 1.29 is 5.11 Å². The number of benzene rings is 1. The van der Waals surface area contributed by atoms with Crippen molar-refractivity contribution in [3.05, 3.63) is 42.5 Å². The van der Waals surface area contributed by atoms with Gasteiger partial charge < -0.3 is 10.8 Å². The Bertz CT molecular complexity index is 798. The molecule has 0 aliphatic carbocycles. The molecule has 0 spiro atoms. The molecule has 2 heterocycles. The van der Waals surface area contributed by atoms with Crippen molar-refractivity contribution in [3.8, 4) is 5.69 Å². The molecule has 1 aromatic carbocycles. The summed E-state index contributed by atoms with van der Waals surface area (Å²) >= 11 is 0. The van der Waals surface area contributed by atoms with Crippen LogP contribution in [0.3, 0.4) is 0 Å². The summed E-state index contributed by atoms with van der Waals surface area (Å²) in [6, 6.07) is 7.95. The monoisotopic (exact) mass is 297 g/mol. The van der Waals surface area contributed by atoms with Gasteiger partial charge >= 0.3 is 0 Å².